The smallest absolute Gasteiger partial charge is 0.407 e. The Morgan fingerprint density at radius 3 is 2.16 bits per heavy atom. The van der Waals surface area contributed by atoms with Crippen LogP contribution in [0.5, 0.6) is 0 Å². The number of imide groups is 1. The van der Waals surface area contributed by atoms with Crippen LogP contribution < -0.4 is 5.32 Å². The maximum atomic E-state index is 12.7. The van der Waals surface area contributed by atoms with Crippen molar-refractivity contribution in [3.05, 3.63) is 72.3 Å². The Morgan fingerprint density at radius 2 is 1.57 bits per heavy atom. The highest BCUT2D eigenvalue weighted by atomic mass is 16.7. The van der Waals surface area contributed by atoms with Gasteiger partial charge in [0.1, 0.15) is 19.3 Å². The third kappa shape index (κ3) is 5.85. The van der Waals surface area contributed by atoms with Crippen LogP contribution in [0.2, 0.25) is 0 Å². The molecule has 0 spiro atoms. The van der Waals surface area contributed by atoms with Crippen molar-refractivity contribution in [3.8, 4) is 11.1 Å². The monoisotopic (exact) mass is 506 g/mol. The number of nitrogens with zero attached hydrogens (tertiary/aromatic N) is 1. The molecule has 1 saturated heterocycles. The lowest BCUT2D eigenvalue weighted by molar-refractivity contribution is -0.199. The lowest BCUT2D eigenvalue weighted by Gasteiger charge is -2.20. The minimum atomic E-state index is -1.37. The number of hydroxylamine groups is 2. The summed E-state index contributed by atoms with van der Waals surface area (Å²) < 4.78 is 10.4. The summed E-state index contributed by atoms with van der Waals surface area (Å²) in [5.74, 6) is -3.22. The summed E-state index contributed by atoms with van der Waals surface area (Å²) in [4.78, 5) is 66.0. The molecule has 2 aliphatic rings. The second-order valence-electron chi connectivity index (χ2n) is 8.53. The average Bonchev–Trinajstić information content (AvgIpc) is 3.40. The predicted octanol–water partition coefficient (Wildman–Crippen LogP) is 3.01. The zero-order valence-electron chi connectivity index (χ0n) is 20.0. The molecule has 2 aromatic rings. The van der Waals surface area contributed by atoms with Crippen molar-refractivity contribution in [3.63, 3.8) is 0 Å². The average molecular weight is 507 g/mol. The number of rotatable bonds is 10. The second kappa shape index (κ2) is 11.5. The first-order valence-electron chi connectivity index (χ1n) is 11.8. The van der Waals surface area contributed by atoms with E-state index in [1.807, 2.05) is 48.5 Å². The topological polar surface area (TPSA) is 128 Å². The van der Waals surface area contributed by atoms with E-state index in [0.717, 1.165) is 22.3 Å². The molecule has 3 amide bonds. The number of hydrogen-bond acceptors (Lipinski definition) is 8. The van der Waals surface area contributed by atoms with Gasteiger partial charge in [0.05, 0.1) is 0 Å². The van der Waals surface area contributed by atoms with Gasteiger partial charge in [-0.1, -0.05) is 61.2 Å². The number of esters is 1. The Bertz CT molecular complexity index is 1180. The minimum Gasteiger partial charge on any atom is -0.461 e. The summed E-state index contributed by atoms with van der Waals surface area (Å²) in [5.41, 5.74) is 4.16. The summed E-state index contributed by atoms with van der Waals surface area (Å²) in [6.45, 7) is 3.45. The molecule has 192 valence electrons. The first-order valence-corrected chi connectivity index (χ1v) is 11.8. The van der Waals surface area contributed by atoms with Crippen molar-refractivity contribution >= 4 is 29.8 Å². The van der Waals surface area contributed by atoms with Crippen LogP contribution in [0, 0.1) is 0 Å². The lowest BCUT2D eigenvalue weighted by atomic mass is 9.98. The summed E-state index contributed by atoms with van der Waals surface area (Å²) in [5, 5.41) is 2.77. The SMILES string of the molecule is C=CCOC(=O)CC[C@H](NC(=O)OCC1c2ccccc2-c2ccccc21)C(=O)ON1C(=O)CCC1=O. The van der Waals surface area contributed by atoms with E-state index in [0.29, 0.717) is 5.06 Å². The summed E-state index contributed by atoms with van der Waals surface area (Å²) in [6, 6.07) is 14.3. The molecule has 37 heavy (non-hydrogen) atoms. The van der Waals surface area contributed by atoms with Crippen molar-refractivity contribution in [2.75, 3.05) is 13.2 Å². The van der Waals surface area contributed by atoms with Crippen LogP contribution in [0.4, 0.5) is 4.79 Å². The zero-order valence-corrected chi connectivity index (χ0v) is 20.0. The van der Waals surface area contributed by atoms with Gasteiger partial charge in [0.25, 0.3) is 11.8 Å². The Hall–Kier alpha value is -4.47. The van der Waals surface area contributed by atoms with E-state index in [9.17, 15) is 24.0 Å². The van der Waals surface area contributed by atoms with Gasteiger partial charge in [-0.2, -0.15) is 0 Å². The van der Waals surface area contributed by atoms with Crippen LogP contribution in [0.25, 0.3) is 11.1 Å². The Balaban J connectivity index is 1.41. The van der Waals surface area contributed by atoms with Crippen LogP contribution in [-0.2, 0) is 33.5 Å². The van der Waals surface area contributed by atoms with E-state index >= 15 is 0 Å². The van der Waals surface area contributed by atoms with Crippen LogP contribution in [0.3, 0.4) is 0 Å². The van der Waals surface area contributed by atoms with Gasteiger partial charge in [0.15, 0.2) is 0 Å². The van der Waals surface area contributed by atoms with Crippen molar-refractivity contribution in [1.29, 1.82) is 0 Å². The fourth-order valence-electron chi connectivity index (χ4n) is 4.33. The van der Waals surface area contributed by atoms with E-state index in [-0.39, 0.29) is 44.8 Å². The second-order valence-corrected chi connectivity index (χ2v) is 8.53. The number of nitrogens with one attached hydrogen (secondary N) is 1. The van der Waals surface area contributed by atoms with Crippen molar-refractivity contribution in [1.82, 2.24) is 10.4 Å². The first kappa shape index (κ1) is 25.6. The molecular formula is C27H26N2O8. The van der Waals surface area contributed by atoms with E-state index < -0.39 is 35.9 Å². The molecule has 1 atom stereocenters. The summed E-state index contributed by atoms with van der Waals surface area (Å²) in [7, 11) is 0. The third-order valence-electron chi connectivity index (χ3n) is 6.11. The molecule has 0 unspecified atom stereocenters. The van der Waals surface area contributed by atoms with Crippen LogP contribution in [-0.4, -0.2) is 54.2 Å². The number of ether oxygens (including phenoxy) is 2. The molecule has 4 rings (SSSR count). The largest absolute Gasteiger partial charge is 0.461 e. The number of carbonyl (C=O) groups excluding carboxylic acids is 5. The van der Waals surface area contributed by atoms with Gasteiger partial charge in [-0.25, -0.2) is 9.59 Å². The molecule has 0 bridgehead atoms. The molecule has 10 heteroatoms. The quantitative estimate of drug-likeness (QED) is 0.296. The van der Waals surface area contributed by atoms with E-state index in [2.05, 4.69) is 11.9 Å². The van der Waals surface area contributed by atoms with Gasteiger partial charge in [-0.15, -0.1) is 5.06 Å². The first-order chi connectivity index (χ1) is 17.9. The van der Waals surface area contributed by atoms with Gasteiger partial charge in [0.2, 0.25) is 0 Å². The normalized spacial score (nSPS) is 15.0. The molecular weight excluding hydrogens is 480 g/mol. The zero-order chi connectivity index (χ0) is 26.4. The highest BCUT2D eigenvalue weighted by Gasteiger charge is 2.36. The van der Waals surface area contributed by atoms with E-state index in [1.54, 1.807) is 0 Å². The van der Waals surface area contributed by atoms with E-state index in [4.69, 9.17) is 14.3 Å². The molecule has 10 nitrogen and oxygen atoms in total. The molecule has 1 aliphatic heterocycles. The van der Waals surface area contributed by atoms with Gasteiger partial charge >= 0.3 is 18.0 Å². The minimum absolute atomic E-state index is 0.00605. The highest BCUT2D eigenvalue weighted by molar-refractivity contribution is 6.02. The predicted molar refractivity (Wildman–Crippen MR) is 130 cm³/mol. The number of alkyl carbamates (subject to hydrolysis) is 1. The molecule has 1 aliphatic carbocycles. The third-order valence-corrected chi connectivity index (χ3v) is 6.11. The Kier molecular flexibility index (Phi) is 7.97. The van der Waals surface area contributed by atoms with Crippen LogP contribution in [0.15, 0.2) is 61.2 Å². The molecule has 1 heterocycles. The molecule has 0 radical (unpaired) electrons. The fourth-order valence-corrected chi connectivity index (χ4v) is 4.33. The highest BCUT2D eigenvalue weighted by Crippen LogP contribution is 2.44. The standard InChI is InChI=1S/C27H26N2O8/c1-2-15-35-25(32)14-11-22(26(33)37-29-23(30)12-13-24(29)31)28-27(34)36-16-21-19-9-5-3-7-17(19)18-8-4-6-10-20(18)21/h2-10,21-22H,1,11-16H2,(H,28,34)/t22-/m0/s1. The molecule has 0 saturated carbocycles. The van der Waals surface area contributed by atoms with Gasteiger partial charge < -0.3 is 19.6 Å². The number of amides is 3. The number of hydrogen-bond donors (Lipinski definition) is 1. The van der Waals surface area contributed by atoms with Gasteiger partial charge in [0, 0.05) is 25.2 Å². The van der Waals surface area contributed by atoms with Crippen LogP contribution in [0.1, 0.15) is 42.7 Å². The maximum absolute atomic E-state index is 12.7. The van der Waals surface area contributed by atoms with Crippen LogP contribution >= 0.6 is 0 Å². The molecule has 0 aromatic heterocycles. The summed E-state index contributed by atoms with van der Waals surface area (Å²) in [6.07, 6.45) is -0.116. The molecule has 1 fully saturated rings. The maximum Gasteiger partial charge on any atom is 0.407 e. The molecule has 1 N–H and O–H groups in total. The number of fused-ring (bicyclic) bond motifs is 3. The number of benzene rings is 2. The Labute approximate surface area is 213 Å². The Morgan fingerprint density at radius 1 is 0.973 bits per heavy atom. The van der Waals surface area contributed by atoms with E-state index in [1.165, 1.54) is 6.08 Å². The van der Waals surface area contributed by atoms with Crippen molar-refractivity contribution < 1.29 is 38.3 Å². The lowest BCUT2D eigenvalue weighted by Crippen LogP contribution is -2.46. The van der Waals surface area contributed by atoms with Gasteiger partial charge in [-0.3, -0.25) is 14.4 Å². The molecule has 2 aromatic carbocycles. The summed E-state index contributed by atoms with van der Waals surface area (Å²) >= 11 is 0. The fraction of sp³-hybridized carbons (Fsp3) is 0.296. The van der Waals surface area contributed by atoms with Crippen molar-refractivity contribution in [2.24, 2.45) is 0 Å². The van der Waals surface area contributed by atoms with Crippen molar-refractivity contribution in [2.45, 2.75) is 37.6 Å². The van der Waals surface area contributed by atoms with Gasteiger partial charge in [-0.05, 0) is 28.7 Å². The number of carbonyl (C=O) groups is 5.